The Morgan fingerprint density at radius 1 is 1.16 bits per heavy atom. The van der Waals surface area contributed by atoms with Crippen LogP contribution in [0.4, 0.5) is 6.01 Å². The molecule has 3 rings (SSSR count). The van der Waals surface area contributed by atoms with Crippen molar-refractivity contribution in [1.82, 2.24) is 15.6 Å². The number of nitrogens with one attached hydrogen (secondary N) is 2. The second-order valence-corrected chi connectivity index (χ2v) is 5.85. The molecule has 1 atom stereocenters. The Morgan fingerprint density at radius 3 is 2.56 bits per heavy atom. The van der Waals surface area contributed by atoms with Gasteiger partial charge in [-0.05, 0) is 36.2 Å². The third-order valence-corrected chi connectivity index (χ3v) is 4.00. The maximum Gasteiger partial charge on any atom is 0.340 e. The van der Waals surface area contributed by atoms with E-state index < -0.39 is 0 Å². The summed E-state index contributed by atoms with van der Waals surface area (Å²) in [5.74, 6) is -0.0178. The minimum atomic E-state index is -0.257. The molecule has 0 saturated heterocycles. The summed E-state index contributed by atoms with van der Waals surface area (Å²) in [7, 11) is 0. The Labute approximate surface area is 150 Å². The molecule has 1 aromatic heterocycles. The summed E-state index contributed by atoms with van der Waals surface area (Å²) < 4.78 is 5.10. The van der Waals surface area contributed by atoms with Gasteiger partial charge in [-0.15, -0.1) is 0 Å². The predicted octanol–water partition coefficient (Wildman–Crippen LogP) is 4.03. The van der Waals surface area contributed by atoms with Crippen molar-refractivity contribution < 1.29 is 9.32 Å². The summed E-state index contributed by atoms with van der Waals surface area (Å²) in [5, 5.41) is 4.50. The van der Waals surface area contributed by atoms with Gasteiger partial charge in [0.05, 0.1) is 5.92 Å². The lowest BCUT2D eigenvalue weighted by molar-refractivity contribution is -0.122. The number of hydrazine groups is 1. The summed E-state index contributed by atoms with van der Waals surface area (Å²) in [5.41, 5.74) is 7.00. The molecule has 0 saturated carbocycles. The molecule has 6 nitrogen and oxygen atoms in total. The van der Waals surface area contributed by atoms with Crippen LogP contribution in [0.5, 0.6) is 0 Å². The monoisotopic (exact) mass is 356 g/mol. The highest BCUT2D eigenvalue weighted by Crippen LogP contribution is 2.21. The van der Waals surface area contributed by atoms with Crippen LogP contribution in [0.25, 0.3) is 11.4 Å². The van der Waals surface area contributed by atoms with Gasteiger partial charge in [0, 0.05) is 10.6 Å². The van der Waals surface area contributed by atoms with E-state index >= 15 is 0 Å². The molecule has 0 spiro atoms. The Morgan fingerprint density at radius 2 is 1.88 bits per heavy atom. The summed E-state index contributed by atoms with van der Waals surface area (Å²) in [6, 6.07) is 16.8. The van der Waals surface area contributed by atoms with E-state index in [0.29, 0.717) is 17.3 Å². The number of anilines is 1. The minimum absolute atomic E-state index is 0.112. The normalized spacial score (nSPS) is 11.8. The quantitative estimate of drug-likeness (QED) is 0.652. The van der Waals surface area contributed by atoms with Gasteiger partial charge in [0.25, 0.3) is 0 Å². The second-order valence-electron chi connectivity index (χ2n) is 5.42. The van der Waals surface area contributed by atoms with Gasteiger partial charge in [-0.2, -0.15) is 4.98 Å². The Balaban J connectivity index is 1.63. The number of nitrogens with zero attached hydrogens (tertiary/aromatic N) is 2. The van der Waals surface area contributed by atoms with Gasteiger partial charge in [-0.3, -0.25) is 10.2 Å². The fourth-order valence-electron chi connectivity index (χ4n) is 2.45. The summed E-state index contributed by atoms with van der Waals surface area (Å²) in [6.07, 6.45) is 0.678. The molecule has 0 aliphatic carbocycles. The average Bonchev–Trinajstić information content (AvgIpc) is 3.11. The van der Waals surface area contributed by atoms with E-state index in [4.69, 9.17) is 16.1 Å². The summed E-state index contributed by atoms with van der Waals surface area (Å²) in [4.78, 5) is 16.6. The molecule has 7 heteroatoms. The first-order valence-corrected chi connectivity index (χ1v) is 8.25. The van der Waals surface area contributed by atoms with E-state index in [1.807, 2.05) is 37.3 Å². The molecular formula is C18H17ClN4O2. The number of rotatable bonds is 6. The first kappa shape index (κ1) is 17.0. The number of amides is 1. The van der Waals surface area contributed by atoms with Crippen molar-refractivity contribution in [2.45, 2.75) is 19.3 Å². The zero-order chi connectivity index (χ0) is 17.6. The number of carbonyl (C=O) groups excluding carboxylic acids is 1. The highest BCUT2D eigenvalue weighted by molar-refractivity contribution is 6.30. The molecule has 128 valence electrons. The fourth-order valence-corrected chi connectivity index (χ4v) is 2.58. The largest absolute Gasteiger partial charge is 0.340 e. The van der Waals surface area contributed by atoms with Crippen LogP contribution in [-0.2, 0) is 4.79 Å². The zero-order valence-electron chi connectivity index (χ0n) is 13.6. The van der Waals surface area contributed by atoms with Crippen molar-refractivity contribution in [3.8, 4) is 11.4 Å². The van der Waals surface area contributed by atoms with Crippen molar-refractivity contribution in [2.24, 2.45) is 0 Å². The van der Waals surface area contributed by atoms with E-state index in [-0.39, 0.29) is 17.8 Å². The van der Waals surface area contributed by atoms with Crippen molar-refractivity contribution in [1.29, 1.82) is 0 Å². The van der Waals surface area contributed by atoms with E-state index in [1.165, 1.54) is 0 Å². The van der Waals surface area contributed by atoms with Gasteiger partial charge in [0.15, 0.2) is 0 Å². The standard InChI is InChI=1S/C18H17ClN4O2/c1-2-15(12-6-4-3-5-7-12)17(24)21-22-18-20-16(23-25-18)13-8-10-14(19)11-9-13/h3-11,15H,2H2,1H3,(H,21,24)(H,20,22,23). The minimum Gasteiger partial charge on any atom is -0.313 e. The molecule has 0 bridgehead atoms. The molecule has 2 aromatic carbocycles. The van der Waals surface area contributed by atoms with Crippen LogP contribution in [0.3, 0.4) is 0 Å². The Hall–Kier alpha value is -2.86. The number of carbonyl (C=O) groups is 1. The molecule has 2 N–H and O–H groups in total. The Kier molecular flexibility index (Phi) is 5.30. The fraction of sp³-hybridized carbons (Fsp3) is 0.167. The highest BCUT2D eigenvalue weighted by Gasteiger charge is 2.19. The first-order chi connectivity index (χ1) is 12.2. The molecule has 0 aliphatic heterocycles. The van der Waals surface area contributed by atoms with Crippen LogP contribution in [0.1, 0.15) is 24.8 Å². The summed E-state index contributed by atoms with van der Waals surface area (Å²) >= 11 is 5.86. The van der Waals surface area contributed by atoms with Crippen molar-refractivity contribution >= 4 is 23.5 Å². The average molecular weight is 357 g/mol. The third kappa shape index (κ3) is 4.16. The zero-order valence-corrected chi connectivity index (χ0v) is 14.3. The molecule has 0 aliphatic rings. The number of halogens is 1. The van der Waals surface area contributed by atoms with E-state index in [9.17, 15) is 4.79 Å². The topological polar surface area (TPSA) is 80.0 Å². The smallest absolute Gasteiger partial charge is 0.313 e. The van der Waals surface area contributed by atoms with Gasteiger partial charge < -0.3 is 4.52 Å². The second kappa shape index (κ2) is 7.81. The third-order valence-electron chi connectivity index (χ3n) is 3.75. The summed E-state index contributed by atoms with van der Waals surface area (Å²) in [6.45, 7) is 1.96. The molecule has 1 heterocycles. The van der Waals surface area contributed by atoms with Crippen LogP contribution >= 0.6 is 11.6 Å². The van der Waals surface area contributed by atoms with Crippen molar-refractivity contribution in [3.05, 3.63) is 65.2 Å². The molecular weight excluding hydrogens is 340 g/mol. The van der Waals surface area contributed by atoms with Crippen LogP contribution in [0.2, 0.25) is 5.02 Å². The molecule has 25 heavy (non-hydrogen) atoms. The maximum absolute atomic E-state index is 12.4. The van der Waals surface area contributed by atoms with Gasteiger partial charge in [0.1, 0.15) is 0 Å². The molecule has 0 radical (unpaired) electrons. The molecule has 1 amide bonds. The van der Waals surface area contributed by atoms with Gasteiger partial charge in [0.2, 0.25) is 11.7 Å². The van der Waals surface area contributed by atoms with Gasteiger partial charge in [-0.1, -0.05) is 54.0 Å². The SMILES string of the molecule is CCC(C(=O)NNc1nc(-c2ccc(Cl)cc2)no1)c1ccccc1. The van der Waals surface area contributed by atoms with Gasteiger partial charge >= 0.3 is 6.01 Å². The number of aromatic nitrogens is 2. The molecule has 1 unspecified atom stereocenters. The van der Waals surface area contributed by atoms with Crippen molar-refractivity contribution in [2.75, 3.05) is 5.43 Å². The lowest BCUT2D eigenvalue weighted by atomic mass is 9.96. The number of hydrogen-bond donors (Lipinski definition) is 2. The molecule has 0 fully saturated rings. The first-order valence-electron chi connectivity index (χ1n) is 7.88. The highest BCUT2D eigenvalue weighted by atomic mass is 35.5. The maximum atomic E-state index is 12.4. The van der Waals surface area contributed by atoms with Crippen LogP contribution < -0.4 is 10.9 Å². The number of hydrogen-bond acceptors (Lipinski definition) is 5. The lowest BCUT2D eigenvalue weighted by Gasteiger charge is -2.14. The van der Waals surface area contributed by atoms with Crippen molar-refractivity contribution in [3.63, 3.8) is 0 Å². The van der Waals surface area contributed by atoms with Gasteiger partial charge in [-0.25, -0.2) is 5.43 Å². The van der Waals surface area contributed by atoms with E-state index in [2.05, 4.69) is 21.0 Å². The Bertz CT molecular complexity index is 834. The van der Waals surface area contributed by atoms with Crippen LogP contribution in [0, 0.1) is 0 Å². The predicted molar refractivity (Wildman–Crippen MR) is 96.0 cm³/mol. The van der Waals surface area contributed by atoms with Crippen LogP contribution in [0.15, 0.2) is 59.1 Å². The van der Waals surface area contributed by atoms with Crippen LogP contribution in [-0.4, -0.2) is 16.0 Å². The lowest BCUT2D eigenvalue weighted by Crippen LogP contribution is -2.33. The number of benzene rings is 2. The molecule has 3 aromatic rings. The van der Waals surface area contributed by atoms with E-state index in [0.717, 1.165) is 11.1 Å². The van der Waals surface area contributed by atoms with E-state index in [1.54, 1.807) is 24.3 Å².